The zero-order valence-electron chi connectivity index (χ0n) is 13.6. The van der Waals surface area contributed by atoms with Crippen LogP contribution in [0.5, 0.6) is 0 Å². The Labute approximate surface area is 137 Å². The maximum absolute atomic E-state index is 12.3. The molecule has 0 heterocycles. The van der Waals surface area contributed by atoms with E-state index in [1.807, 2.05) is 12.1 Å². The minimum atomic E-state index is -0.0233. The van der Waals surface area contributed by atoms with Crippen LogP contribution in [0.3, 0.4) is 0 Å². The van der Waals surface area contributed by atoms with E-state index in [9.17, 15) is 9.59 Å². The van der Waals surface area contributed by atoms with Crippen LogP contribution in [0.1, 0.15) is 60.0 Å². The van der Waals surface area contributed by atoms with Crippen molar-refractivity contribution in [3.8, 4) is 0 Å². The summed E-state index contributed by atoms with van der Waals surface area (Å²) in [4.78, 5) is 24.4. The molecule has 2 unspecified atom stereocenters. The molecule has 1 saturated carbocycles. The van der Waals surface area contributed by atoms with Crippen molar-refractivity contribution in [2.75, 3.05) is 6.54 Å². The summed E-state index contributed by atoms with van der Waals surface area (Å²) >= 11 is 0. The molecular weight excluding hydrogens is 288 g/mol. The number of nitrogens with two attached hydrogens (primary N) is 1. The molecule has 1 aromatic rings. The molecule has 2 atom stereocenters. The predicted molar refractivity (Wildman–Crippen MR) is 90.4 cm³/mol. The van der Waals surface area contributed by atoms with Crippen LogP contribution in [-0.2, 0) is 17.6 Å². The number of Topliss-reactive ketones (excluding diaryl/α,β-unsaturated/α-hetero) is 1. The number of aryl methyl sites for hydroxylation is 2. The smallest absolute Gasteiger partial charge is 0.220 e. The van der Waals surface area contributed by atoms with Gasteiger partial charge in [-0.05, 0) is 61.8 Å². The van der Waals surface area contributed by atoms with Crippen LogP contribution in [-0.4, -0.2) is 24.3 Å². The lowest BCUT2D eigenvalue weighted by molar-refractivity contribution is -0.122. The molecule has 0 bridgehead atoms. The summed E-state index contributed by atoms with van der Waals surface area (Å²) in [6.45, 7) is 0.624. The Balaban J connectivity index is 1.49. The Kier molecular flexibility index (Phi) is 5.11. The average molecular weight is 314 g/mol. The van der Waals surface area contributed by atoms with Gasteiger partial charge < -0.3 is 11.1 Å². The predicted octanol–water partition coefficient (Wildman–Crippen LogP) is 2.38. The highest BCUT2D eigenvalue weighted by Gasteiger charge is 2.27. The van der Waals surface area contributed by atoms with Crippen molar-refractivity contribution >= 4 is 11.7 Å². The molecule has 0 aromatic heterocycles. The lowest BCUT2D eigenvalue weighted by Crippen LogP contribution is -2.39. The quantitative estimate of drug-likeness (QED) is 0.792. The third-order valence-corrected chi connectivity index (χ3v) is 5.31. The SMILES string of the molecule is NCC1CCCC1NC(=O)CCC(=O)c1ccc2c(c1)CCC2. The average Bonchev–Trinajstić information content (AvgIpc) is 3.20. The number of benzene rings is 1. The number of carbonyl (C=O) groups is 2. The molecule has 3 N–H and O–H groups in total. The van der Waals surface area contributed by atoms with Gasteiger partial charge in [-0.25, -0.2) is 0 Å². The zero-order chi connectivity index (χ0) is 16.2. The maximum atomic E-state index is 12.3. The second kappa shape index (κ2) is 7.26. The Hall–Kier alpha value is -1.68. The van der Waals surface area contributed by atoms with E-state index in [4.69, 9.17) is 5.73 Å². The van der Waals surface area contributed by atoms with Crippen molar-refractivity contribution in [1.29, 1.82) is 0 Å². The molecule has 0 radical (unpaired) electrons. The van der Waals surface area contributed by atoms with Crippen LogP contribution >= 0.6 is 0 Å². The van der Waals surface area contributed by atoms with Crippen LogP contribution in [0, 0.1) is 5.92 Å². The Morgan fingerprint density at radius 1 is 1.09 bits per heavy atom. The highest BCUT2D eigenvalue weighted by molar-refractivity contribution is 5.98. The summed E-state index contributed by atoms with van der Waals surface area (Å²) < 4.78 is 0. The van der Waals surface area contributed by atoms with Crippen molar-refractivity contribution in [2.45, 2.75) is 57.4 Å². The lowest BCUT2D eigenvalue weighted by Gasteiger charge is -2.19. The molecule has 2 aliphatic rings. The first-order valence-corrected chi connectivity index (χ1v) is 8.82. The monoisotopic (exact) mass is 314 g/mol. The van der Waals surface area contributed by atoms with E-state index < -0.39 is 0 Å². The lowest BCUT2D eigenvalue weighted by atomic mass is 10.0. The van der Waals surface area contributed by atoms with Crippen LogP contribution in [0.4, 0.5) is 0 Å². The number of rotatable bonds is 6. The molecule has 1 amide bonds. The van der Waals surface area contributed by atoms with E-state index in [-0.39, 0.29) is 30.6 Å². The van der Waals surface area contributed by atoms with Gasteiger partial charge in [-0.15, -0.1) is 0 Å². The molecule has 0 aliphatic heterocycles. The minimum Gasteiger partial charge on any atom is -0.353 e. The van der Waals surface area contributed by atoms with Gasteiger partial charge >= 0.3 is 0 Å². The number of nitrogens with one attached hydrogen (secondary N) is 1. The Morgan fingerprint density at radius 3 is 2.74 bits per heavy atom. The zero-order valence-corrected chi connectivity index (χ0v) is 13.6. The highest BCUT2D eigenvalue weighted by atomic mass is 16.2. The van der Waals surface area contributed by atoms with Crippen molar-refractivity contribution in [1.82, 2.24) is 5.32 Å². The van der Waals surface area contributed by atoms with Crippen LogP contribution in [0.2, 0.25) is 0 Å². The van der Waals surface area contributed by atoms with E-state index in [1.54, 1.807) is 0 Å². The van der Waals surface area contributed by atoms with Gasteiger partial charge in [0.05, 0.1) is 0 Å². The molecular formula is C19H26N2O2. The standard InChI is InChI=1S/C19H26N2O2/c20-12-16-5-2-6-17(16)21-19(23)10-9-18(22)15-8-7-13-3-1-4-14(13)11-15/h7-8,11,16-17H,1-6,9-10,12,20H2,(H,21,23). The largest absolute Gasteiger partial charge is 0.353 e. The van der Waals surface area contributed by atoms with Crippen molar-refractivity contribution in [2.24, 2.45) is 11.7 Å². The molecule has 124 valence electrons. The van der Waals surface area contributed by atoms with Crippen LogP contribution in [0.25, 0.3) is 0 Å². The van der Waals surface area contributed by atoms with Gasteiger partial charge in [0.15, 0.2) is 5.78 Å². The number of hydrogen-bond donors (Lipinski definition) is 2. The molecule has 23 heavy (non-hydrogen) atoms. The third-order valence-electron chi connectivity index (χ3n) is 5.31. The van der Waals surface area contributed by atoms with E-state index in [2.05, 4.69) is 11.4 Å². The number of carbonyl (C=O) groups excluding carboxylic acids is 2. The summed E-state index contributed by atoms with van der Waals surface area (Å²) in [7, 11) is 0. The minimum absolute atomic E-state index is 0.0233. The molecule has 4 nitrogen and oxygen atoms in total. The first kappa shape index (κ1) is 16.2. The van der Waals surface area contributed by atoms with Gasteiger partial charge in [0, 0.05) is 24.4 Å². The summed E-state index contributed by atoms with van der Waals surface area (Å²) in [6.07, 6.45) is 7.14. The van der Waals surface area contributed by atoms with Gasteiger partial charge in [-0.3, -0.25) is 9.59 Å². The Bertz CT molecular complexity index is 597. The van der Waals surface area contributed by atoms with Crippen LogP contribution < -0.4 is 11.1 Å². The Morgan fingerprint density at radius 2 is 1.91 bits per heavy atom. The van der Waals surface area contributed by atoms with Crippen LogP contribution in [0.15, 0.2) is 18.2 Å². The molecule has 4 heteroatoms. The summed E-state index contributed by atoms with van der Waals surface area (Å²) in [5.74, 6) is 0.438. The van der Waals surface area contributed by atoms with Crippen molar-refractivity contribution in [3.63, 3.8) is 0 Å². The van der Waals surface area contributed by atoms with E-state index >= 15 is 0 Å². The van der Waals surface area contributed by atoms with E-state index in [1.165, 1.54) is 17.5 Å². The molecule has 1 fully saturated rings. The summed E-state index contributed by atoms with van der Waals surface area (Å²) in [5, 5.41) is 3.06. The van der Waals surface area contributed by atoms with Crippen molar-refractivity contribution in [3.05, 3.63) is 34.9 Å². The molecule has 0 saturated heterocycles. The molecule has 2 aliphatic carbocycles. The number of amides is 1. The first-order chi connectivity index (χ1) is 11.2. The highest BCUT2D eigenvalue weighted by Crippen LogP contribution is 2.25. The third kappa shape index (κ3) is 3.81. The number of ketones is 1. The maximum Gasteiger partial charge on any atom is 0.220 e. The second-order valence-corrected chi connectivity index (χ2v) is 6.86. The molecule has 3 rings (SSSR count). The normalized spacial score (nSPS) is 22.8. The summed E-state index contributed by atoms with van der Waals surface area (Å²) in [6, 6.07) is 6.19. The fourth-order valence-corrected chi connectivity index (χ4v) is 3.90. The summed E-state index contributed by atoms with van der Waals surface area (Å²) in [5.41, 5.74) is 9.16. The number of hydrogen-bond acceptors (Lipinski definition) is 3. The van der Waals surface area contributed by atoms with Gasteiger partial charge in [0.2, 0.25) is 5.91 Å². The van der Waals surface area contributed by atoms with E-state index in [0.29, 0.717) is 12.5 Å². The van der Waals surface area contributed by atoms with Gasteiger partial charge in [0.25, 0.3) is 0 Å². The topological polar surface area (TPSA) is 72.2 Å². The first-order valence-electron chi connectivity index (χ1n) is 8.82. The van der Waals surface area contributed by atoms with Gasteiger partial charge in [-0.2, -0.15) is 0 Å². The van der Waals surface area contributed by atoms with Gasteiger partial charge in [-0.1, -0.05) is 18.6 Å². The van der Waals surface area contributed by atoms with E-state index in [0.717, 1.165) is 37.7 Å². The fraction of sp³-hybridized carbons (Fsp3) is 0.579. The van der Waals surface area contributed by atoms with Gasteiger partial charge in [0.1, 0.15) is 0 Å². The molecule has 0 spiro atoms. The fourth-order valence-electron chi connectivity index (χ4n) is 3.90. The number of fused-ring (bicyclic) bond motifs is 1. The van der Waals surface area contributed by atoms with Crippen molar-refractivity contribution < 1.29 is 9.59 Å². The second-order valence-electron chi connectivity index (χ2n) is 6.86. The molecule has 1 aromatic carbocycles.